The van der Waals surface area contributed by atoms with E-state index in [1.54, 1.807) is 0 Å². The molecule has 28 heavy (non-hydrogen) atoms. The van der Waals surface area contributed by atoms with E-state index >= 15 is 0 Å². The Kier molecular flexibility index (Phi) is 7.24. The number of hydrogen-bond donors (Lipinski definition) is 2. The first-order valence-corrected chi connectivity index (χ1v) is 11.5. The molecule has 3 fully saturated rings. The van der Waals surface area contributed by atoms with Crippen molar-refractivity contribution in [1.82, 2.24) is 15.5 Å². The largest absolute Gasteiger partial charge is 0.378 e. The summed E-state index contributed by atoms with van der Waals surface area (Å²) >= 11 is 0. The second-order valence-electron chi connectivity index (χ2n) is 9.04. The number of aliphatic imine (C=N–C) groups is 1. The first-order valence-electron chi connectivity index (χ1n) is 11.5. The summed E-state index contributed by atoms with van der Waals surface area (Å²) in [5.41, 5.74) is 0.305. The molecular weight excluding hydrogens is 352 g/mol. The lowest BCUT2D eigenvalue weighted by atomic mass is 9.60. The van der Waals surface area contributed by atoms with Crippen LogP contribution in [-0.4, -0.2) is 61.2 Å². The number of piperidine rings is 1. The molecule has 2 aliphatic carbocycles. The van der Waals surface area contributed by atoms with Gasteiger partial charge in [-0.1, -0.05) is 26.7 Å². The van der Waals surface area contributed by atoms with Crippen molar-refractivity contribution in [2.45, 2.75) is 90.8 Å². The molecule has 2 atom stereocenters. The van der Waals surface area contributed by atoms with Crippen LogP contribution >= 0.6 is 0 Å². The van der Waals surface area contributed by atoms with E-state index in [9.17, 15) is 4.79 Å². The summed E-state index contributed by atoms with van der Waals surface area (Å²) < 4.78 is 6.05. The van der Waals surface area contributed by atoms with E-state index in [2.05, 4.69) is 24.5 Å². The number of guanidine groups is 1. The second-order valence-corrected chi connectivity index (χ2v) is 9.04. The Hall–Kier alpha value is -1.30. The van der Waals surface area contributed by atoms with Crippen LogP contribution in [0.4, 0.5) is 0 Å². The lowest BCUT2D eigenvalue weighted by Gasteiger charge is -2.54. The third-order valence-corrected chi connectivity index (χ3v) is 6.96. The van der Waals surface area contributed by atoms with E-state index in [1.165, 1.54) is 25.7 Å². The molecule has 2 N–H and O–H groups in total. The van der Waals surface area contributed by atoms with Crippen molar-refractivity contribution in [2.24, 2.45) is 16.3 Å². The standard InChI is InChI=1S/C22H40N4O2/c1-5-23-21(24-17-9-13-26(14-10-17)20(27)16(3)4)25-18-15-19(28-6-2)22(18)11-7-8-12-22/h16-19H,5-15H2,1-4H3,(H2,23,24,25). The second kappa shape index (κ2) is 9.47. The molecule has 1 spiro atoms. The van der Waals surface area contributed by atoms with Crippen LogP contribution < -0.4 is 10.6 Å². The molecule has 2 unspecified atom stereocenters. The monoisotopic (exact) mass is 392 g/mol. The molecule has 6 heteroatoms. The van der Waals surface area contributed by atoms with E-state index in [4.69, 9.17) is 9.73 Å². The normalized spacial score (nSPS) is 27.9. The Morgan fingerprint density at radius 1 is 1.18 bits per heavy atom. The number of hydrogen-bond acceptors (Lipinski definition) is 3. The van der Waals surface area contributed by atoms with E-state index in [0.29, 0.717) is 23.6 Å². The van der Waals surface area contributed by atoms with Gasteiger partial charge in [0.2, 0.25) is 5.91 Å². The Balaban J connectivity index is 1.54. The zero-order valence-corrected chi connectivity index (χ0v) is 18.3. The fourth-order valence-corrected chi connectivity index (χ4v) is 5.35. The Morgan fingerprint density at radius 2 is 1.86 bits per heavy atom. The number of carbonyl (C=O) groups excluding carboxylic acids is 1. The first-order chi connectivity index (χ1) is 13.5. The highest BCUT2D eigenvalue weighted by atomic mass is 16.5. The van der Waals surface area contributed by atoms with Gasteiger partial charge in [-0.25, -0.2) is 0 Å². The number of rotatable bonds is 6. The Bertz CT molecular complexity index is 549. The predicted molar refractivity (Wildman–Crippen MR) is 113 cm³/mol. The molecule has 0 aromatic heterocycles. The van der Waals surface area contributed by atoms with Crippen LogP contribution in [-0.2, 0) is 9.53 Å². The highest BCUT2D eigenvalue weighted by Crippen LogP contribution is 2.54. The number of ether oxygens (including phenoxy) is 1. The number of nitrogens with one attached hydrogen (secondary N) is 2. The van der Waals surface area contributed by atoms with Crippen molar-refractivity contribution >= 4 is 11.9 Å². The lowest BCUT2D eigenvalue weighted by Crippen LogP contribution is -2.65. The van der Waals surface area contributed by atoms with Gasteiger partial charge in [-0.3, -0.25) is 9.79 Å². The predicted octanol–water partition coefficient (Wildman–Crippen LogP) is 2.93. The maximum Gasteiger partial charge on any atom is 0.225 e. The van der Waals surface area contributed by atoms with Crippen LogP contribution in [0.2, 0.25) is 0 Å². The van der Waals surface area contributed by atoms with Crippen LogP contribution in [0.1, 0.15) is 72.6 Å². The summed E-state index contributed by atoms with van der Waals surface area (Å²) in [4.78, 5) is 18.9. The highest BCUT2D eigenvalue weighted by Gasteiger charge is 2.57. The maximum atomic E-state index is 12.2. The number of carbonyl (C=O) groups is 1. The minimum absolute atomic E-state index is 0.0860. The zero-order valence-electron chi connectivity index (χ0n) is 18.3. The van der Waals surface area contributed by atoms with Gasteiger partial charge in [0, 0.05) is 49.7 Å². The SMILES string of the molecule is CCN=C(NC1CCN(C(=O)C(C)C)CC1)NC1CC(OCC)C12CCCC2. The van der Waals surface area contributed by atoms with E-state index < -0.39 is 0 Å². The van der Waals surface area contributed by atoms with Crippen molar-refractivity contribution < 1.29 is 9.53 Å². The fourth-order valence-electron chi connectivity index (χ4n) is 5.35. The van der Waals surface area contributed by atoms with Crippen molar-refractivity contribution in [2.75, 3.05) is 26.2 Å². The molecule has 0 aromatic carbocycles. The highest BCUT2D eigenvalue weighted by molar-refractivity contribution is 5.81. The van der Waals surface area contributed by atoms with Crippen molar-refractivity contribution in [3.63, 3.8) is 0 Å². The fraction of sp³-hybridized carbons (Fsp3) is 0.909. The zero-order chi connectivity index (χ0) is 20.1. The minimum Gasteiger partial charge on any atom is -0.378 e. The average Bonchev–Trinajstić information content (AvgIpc) is 3.20. The summed E-state index contributed by atoms with van der Waals surface area (Å²) in [7, 11) is 0. The lowest BCUT2D eigenvalue weighted by molar-refractivity contribution is -0.135. The Morgan fingerprint density at radius 3 is 2.43 bits per heavy atom. The molecule has 3 aliphatic rings. The van der Waals surface area contributed by atoms with Crippen LogP contribution in [0.5, 0.6) is 0 Å². The molecule has 1 saturated heterocycles. The molecule has 6 nitrogen and oxygen atoms in total. The van der Waals surface area contributed by atoms with Crippen molar-refractivity contribution in [3.8, 4) is 0 Å². The van der Waals surface area contributed by atoms with Gasteiger partial charge < -0.3 is 20.3 Å². The summed E-state index contributed by atoms with van der Waals surface area (Å²) in [5, 5.41) is 7.41. The van der Waals surface area contributed by atoms with E-state index in [-0.39, 0.29) is 11.8 Å². The van der Waals surface area contributed by atoms with Crippen LogP contribution in [0, 0.1) is 11.3 Å². The Labute approximate surface area is 170 Å². The van der Waals surface area contributed by atoms with E-state index in [0.717, 1.165) is 51.5 Å². The molecule has 0 radical (unpaired) electrons. The first kappa shape index (κ1) is 21.4. The van der Waals surface area contributed by atoms with Gasteiger partial charge in [0.05, 0.1) is 6.10 Å². The smallest absolute Gasteiger partial charge is 0.225 e. The van der Waals surface area contributed by atoms with Crippen LogP contribution in [0.15, 0.2) is 4.99 Å². The molecule has 1 aliphatic heterocycles. The van der Waals surface area contributed by atoms with Crippen molar-refractivity contribution in [3.05, 3.63) is 0 Å². The van der Waals surface area contributed by atoms with Gasteiger partial charge in [-0.05, 0) is 46.0 Å². The van der Waals surface area contributed by atoms with Gasteiger partial charge in [-0.2, -0.15) is 0 Å². The summed E-state index contributed by atoms with van der Waals surface area (Å²) in [6.07, 6.45) is 8.63. The number of amides is 1. The van der Waals surface area contributed by atoms with Gasteiger partial charge >= 0.3 is 0 Å². The molecular formula is C22H40N4O2. The van der Waals surface area contributed by atoms with Gasteiger partial charge in [-0.15, -0.1) is 0 Å². The molecule has 2 saturated carbocycles. The molecule has 0 aromatic rings. The van der Waals surface area contributed by atoms with Crippen molar-refractivity contribution in [1.29, 1.82) is 0 Å². The van der Waals surface area contributed by atoms with Crippen LogP contribution in [0.3, 0.4) is 0 Å². The molecule has 1 amide bonds. The minimum atomic E-state index is 0.0860. The molecule has 0 bridgehead atoms. The summed E-state index contributed by atoms with van der Waals surface area (Å²) in [5.74, 6) is 1.31. The van der Waals surface area contributed by atoms with Crippen LogP contribution in [0.25, 0.3) is 0 Å². The van der Waals surface area contributed by atoms with E-state index in [1.807, 2.05) is 18.7 Å². The third-order valence-electron chi connectivity index (χ3n) is 6.96. The summed E-state index contributed by atoms with van der Waals surface area (Å²) in [6.45, 7) is 11.4. The topological polar surface area (TPSA) is 66.0 Å². The maximum absolute atomic E-state index is 12.2. The van der Waals surface area contributed by atoms with Gasteiger partial charge in [0.25, 0.3) is 0 Å². The van der Waals surface area contributed by atoms with Gasteiger partial charge in [0.1, 0.15) is 0 Å². The third kappa shape index (κ3) is 4.47. The molecule has 3 rings (SSSR count). The number of nitrogens with zero attached hydrogens (tertiary/aromatic N) is 2. The molecule has 160 valence electrons. The molecule has 1 heterocycles. The van der Waals surface area contributed by atoms with Gasteiger partial charge in [0.15, 0.2) is 5.96 Å². The number of likely N-dealkylation sites (tertiary alicyclic amines) is 1. The summed E-state index contributed by atoms with van der Waals surface area (Å²) in [6, 6.07) is 0.850. The quantitative estimate of drug-likeness (QED) is 0.539. The average molecular weight is 393 g/mol.